The average Bonchev–Trinajstić information content (AvgIpc) is 2.37. The van der Waals surface area contributed by atoms with E-state index in [-0.39, 0.29) is 0 Å². The minimum Gasteiger partial charge on any atom is -0.488 e. The van der Waals surface area contributed by atoms with Crippen LogP contribution in [0.25, 0.3) is 0 Å². The van der Waals surface area contributed by atoms with Gasteiger partial charge in [0.25, 0.3) is 0 Å². The van der Waals surface area contributed by atoms with Crippen LogP contribution in [-0.4, -0.2) is 5.11 Å². The summed E-state index contributed by atoms with van der Waals surface area (Å²) in [5.74, 6) is 0.766. The fourth-order valence-electron chi connectivity index (χ4n) is 2.34. The Labute approximate surface area is 121 Å². The molecule has 0 radical (unpaired) electrons. The van der Waals surface area contributed by atoms with Crippen molar-refractivity contribution < 1.29 is 9.84 Å². The highest BCUT2D eigenvalue weighted by molar-refractivity contribution is 5.39. The van der Waals surface area contributed by atoms with Gasteiger partial charge in [-0.1, -0.05) is 30.3 Å². The Balaban J connectivity index is 2.25. The van der Waals surface area contributed by atoms with Crippen LogP contribution in [-0.2, 0) is 6.61 Å². The number of rotatable bonds is 4. The monoisotopic (exact) mass is 270 g/mol. The van der Waals surface area contributed by atoms with E-state index in [1.807, 2.05) is 25.1 Å². The van der Waals surface area contributed by atoms with Crippen molar-refractivity contribution in [3.05, 3.63) is 64.2 Å². The Hall–Kier alpha value is -1.80. The van der Waals surface area contributed by atoms with Gasteiger partial charge in [-0.15, -0.1) is 0 Å². The summed E-state index contributed by atoms with van der Waals surface area (Å²) < 4.78 is 5.97. The number of hydrogen-bond donors (Lipinski definition) is 1. The zero-order chi connectivity index (χ0) is 14.7. The van der Waals surface area contributed by atoms with Gasteiger partial charge in [-0.05, 0) is 56.0 Å². The van der Waals surface area contributed by atoms with Crippen LogP contribution in [0.3, 0.4) is 0 Å². The molecule has 2 aromatic rings. The summed E-state index contributed by atoms with van der Waals surface area (Å²) in [6.07, 6.45) is -0.524. The van der Waals surface area contributed by atoms with Gasteiger partial charge in [0.15, 0.2) is 0 Å². The zero-order valence-electron chi connectivity index (χ0n) is 12.6. The van der Waals surface area contributed by atoms with E-state index in [0.717, 1.165) is 16.9 Å². The Kier molecular flexibility index (Phi) is 4.46. The van der Waals surface area contributed by atoms with Crippen molar-refractivity contribution in [1.29, 1.82) is 0 Å². The van der Waals surface area contributed by atoms with Crippen molar-refractivity contribution in [3.63, 3.8) is 0 Å². The predicted octanol–water partition coefficient (Wildman–Crippen LogP) is 4.24. The van der Waals surface area contributed by atoms with E-state index in [0.29, 0.717) is 6.61 Å². The van der Waals surface area contributed by atoms with Crippen LogP contribution in [0.2, 0.25) is 0 Å². The van der Waals surface area contributed by atoms with E-state index >= 15 is 0 Å². The minimum atomic E-state index is -0.524. The predicted molar refractivity (Wildman–Crippen MR) is 82.1 cm³/mol. The van der Waals surface area contributed by atoms with Gasteiger partial charge >= 0.3 is 0 Å². The molecular weight excluding hydrogens is 248 g/mol. The third-order valence-electron chi connectivity index (χ3n) is 3.64. The van der Waals surface area contributed by atoms with Gasteiger partial charge in [0.05, 0.1) is 6.10 Å². The van der Waals surface area contributed by atoms with E-state index in [1.165, 1.54) is 16.7 Å². The largest absolute Gasteiger partial charge is 0.488 e. The number of aryl methyl sites for hydroxylation is 3. The molecule has 0 aromatic heterocycles. The summed E-state index contributed by atoms with van der Waals surface area (Å²) in [7, 11) is 0. The molecule has 2 rings (SSSR count). The van der Waals surface area contributed by atoms with Crippen LogP contribution in [0.1, 0.15) is 40.8 Å². The second-order valence-electron chi connectivity index (χ2n) is 5.38. The summed E-state index contributed by atoms with van der Waals surface area (Å²) in [6.45, 7) is 8.50. The van der Waals surface area contributed by atoms with Crippen LogP contribution in [0.15, 0.2) is 36.4 Å². The van der Waals surface area contributed by atoms with Crippen molar-refractivity contribution in [3.8, 4) is 5.75 Å². The van der Waals surface area contributed by atoms with Crippen LogP contribution in [0.4, 0.5) is 0 Å². The van der Waals surface area contributed by atoms with Gasteiger partial charge in [0.2, 0.25) is 0 Å². The molecule has 2 heteroatoms. The van der Waals surface area contributed by atoms with Crippen LogP contribution >= 0.6 is 0 Å². The molecule has 0 amide bonds. The molecule has 2 nitrogen and oxygen atoms in total. The molecule has 0 unspecified atom stereocenters. The number of hydrogen-bond acceptors (Lipinski definition) is 2. The fraction of sp³-hybridized carbons (Fsp3) is 0.333. The van der Waals surface area contributed by atoms with Gasteiger partial charge in [-0.3, -0.25) is 0 Å². The summed E-state index contributed by atoms with van der Waals surface area (Å²) in [5, 5.41) is 9.82. The Morgan fingerprint density at radius 2 is 1.70 bits per heavy atom. The van der Waals surface area contributed by atoms with Gasteiger partial charge in [-0.2, -0.15) is 0 Å². The molecule has 0 bridgehead atoms. The second-order valence-corrected chi connectivity index (χ2v) is 5.38. The summed E-state index contributed by atoms with van der Waals surface area (Å²) >= 11 is 0. The summed E-state index contributed by atoms with van der Waals surface area (Å²) in [5.41, 5.74) is 5.64. The molecule has 0 heterocycles. The van der Waals surface area contributed by atoms with Crippen molar-refractivity contribution >= 4 is 0 Å². The van der Waals surface area contributed by atoms with Crippen molar-refractivity contribution in [2.75, 3.05) is 0 Å². The van der Waals surface area contributed by atoms with E-state index in [9.17, 15) is 5.11 Å². The lowest BCUT2D eigenvalue weighted by Gasteiger charge is -2.16. The number of benzene rings is 2. The third kappa shape index (κ3) is 3.20. The standard InChI is InChI=1S/C18H22O2/c1-12-8-9-16(15(4)19)18(10-12)20-11-17-13(2)6-5-7-14(17)3/h5-10,15,19H,11H2,1-4H3/t15-/m0/s1. The molecule has 0 spiro atoms. The fourth-order valence-corrected chi connectivity index (χ4v) is 2.34. The first kappa shape index (κ1) is 14.6. The number of ether oxygens (including phenoxy) is 1. The Bertz CT molecular complexity index is 580. The zero-order valence-corrected chi connectivity index (χ0v) is 12.6. The quantitative estimate of drug-likeness (QED) is 0.900. The van der Waals surface area contributed by atoms with Crippen molar-refractivity contribution in [2.45, 2.75) is 40.4 Å². The number of aliphatic hydroxyl groups is 1. The molecular formula is C18H22O2. The molecule has 0 aliphatic carbocycles. The molecule has 0 saturated heterocycles. The van der Waals surface area contributed by atoms with E-state index in [1.54, 1.807) is 6.92 Å². The van der Waals surface area contributed by atoms with E-state index in [4.69, 9.17) is 4.74 Å². The summed E-state index contributed by atoms with van der Waals surface area (Å²) in [6, 6.07) is 12.2. The second kappa shape index (κ2) is 6.10. The first-order valence-corrected chi connectivity index (χ1v) is 6.95. The van der Waals surface area contributed by atoms with Crippen LogP contribution < -0.4 is 4.74 Å². The SMILES string of the molecule is Cc1ccc([C@H](C)O)c(OCc2c(C)cccc2C)c1. The van der Waals surface area contributed by atoms with Crippen molar-refractivity contribution in [1.82, 2.24) is 0 Å². The maximum atomic E-state index is 9.82. The Morgan fingerprint density at radius 1 is 1.05 bits per heavy atom. The van der Waals surface area contributed by atoms with Crippen molar-refractivity contribution in [2.24, 2.45) is 0 Å². The first-order chi connectivity index (χ1) is 9.49. The summed E-state index contributed by atoms with van der Waals surface area (Å²) in [4.78, 5) is 0. The van der Waals surface area contributed by atoms with Gasteiger partial charge in [0, 0.05) is 5.56 Å². The highest BCUT2D eigenvalue weighted by atomic mass is 16.5. The maximum absolute atomic E-state index is 9.82. The van der Waals surface area contributed by atoms with Gasteiger partial charge in [-0.25, -0.2) is 0 Å². The molecule has 20 heavy (non-hydrogen) atoms. The first-order valence-electron chi connectivity index (χ1n) is 6.95. The molecule has 0 fully saturated rings. The average molecular weight is 270 g/mol. The molecule has 1 atom stereocenters. The molecule has 0 saturated carbocycles. The molecule has 1 N–H and O–H groups in total. The minimum absolute atomic E-state index is 0.524. The normalized spacial score (nSPS) is 12.2. The molecule has 106 valence electrons. The molecule has 0 aliphatic heterocycles. The molecule has 2 aromatic carbocycles. The lowest BCUT2D eigenvalue weighted by atomic mass is 10.0. The van der Waals surface area contributed by atoms with Crippen LogP contribution in [0.5, 0.6) is 5.75 Å². The van der Waals surface area contributed by atoms with E-state index < -0.39 is 6.10 Å². The lowest BCUT2D eigenvalue weighted by Crippen LogP contribution is -2.04. The van der Waals surface area contributed by atoms with Gasteiger partial charge < -0.3 is 9.84 Å². The topological polar surface area (TPSA) is 29.5 Å². The smallest absolute Gasteiger partial charge is 0.125 e. The number of aliphatic hydroxyl groups excluding tert-OH is 1. The molecule has 0 aliphatic rings. The highest BCUT2D eigenvalue weighted by Gasteiger charge is 2.10. The highest BCUT2D eigenvalue weighted by Crippen LogP contribution is 2.27. The Morgan fingerprint density at radius 3 is 2.30 bits per heavy atom. The lowest BCUT2D eigenvalue weighted by molar-refractivity contribution is 0.190. The van der Waals surface area contributed by atoms with E-state index in [2.05, 4.69) is 32.0 Å². The van der Waals surface area contributed by atoms with Crippen LogP contribution in [0, 0.1) is 20.8 Å². The third-order valence-corrected chi connectivity index (χ3v) is 3.64. The van der Waals surface area contributed by atoms with Gasteiger partial charge in [0.1, 0.15) is 12.4 Å². The maximum Gasteiger partial charge on any atom is 0.125 e.